The van der Waals surface area contributed by atoms with Crippen LogP contribution in [0.5, 0.6) is 0 Å². The molecule has 2 aromatic rings. The topological polar surface area (TPSA) is 85.8 Å². The molecule has 1 unspecified atom stereocenters. The highest BCUT2D eigenvalue weighted by Gasteiger charge is 2.24. The molecule has 1 amide bonds. The van der Waals surface area contributed by atoms with Crippen LogP contribution in [0.4, 0.5) is 0 Å². The fourth-order valence-corrected chi connectivity index (χ4v) is 2.36. The van der Waals surface area contributed by atoms with Crippen LogP contribution in [0.25, 0.3) is 0 Å². The van der Waals surface area contributed by atoms with E-state index in [9.17, 15) is 4.79 Å². The Balaban J connectivity index is 1.71. The summed E-state index contributed by atoms with van der Waals surface area (Å²) in [5, 5.41) is 11.1. The van der Waals surface area contributed by atoms with E-state index in [0.29, 0.717) is 18.0 Å². The lowest BCUT2D eigenvalue weighted by molar-refractivity contribution is 0.0921. The van der Waals surface area contributed by atoms with Gasteiger partial charge in [-0.05, 0) is 20.3 Å². The molecule has 0 spiro atoms. The molecule has 3 rings (SSSR count). The summed E-state index contributed by atoms with van der Waals surface area (Å²) in [5.41, 5.74) is 0.353. The van der Waals surface area contributed by atoms with Gasteiger partial charge in [0.1, 0.15) is 17.4 Å². The number of hydrogen-bond acceptors (Lipinski definition) is 5. The standard InChI is InChI=1S/C12H15N5O2/c1-7-11(13-6-19-7)12(18)14-9-3-4-10-16-15-8(2)17(10)5-9/h6,9H,3-5H2,1-2H3,(H,14,18). The van der Waals surface area contributed by atoms with Crippen LogP contribution >= 0.6 is 0 Å². The molecule has 1 aliphatic rings. The number of carbonyl (C=O) groups excluding carboxylic acids is 1. The highest BCUT2D eigenvalue weighted by atomic mass is 16.3. The molecule has 0 radical (unpaired) electrons. The van der Waals surface area contributed by atoms with Crippen molar-refractivity contribution in [2.75, 3.05) is 0 Å². The monoisotopic (exact) mass is 261 g/mol. The number of hydrogen-bond donors (Lipinski definition) is 1. The number of nitrogens with zero attached hydrogens (tertiary/aromatic N) is 4. The third kappa shape index (κ3) is 2.11. The number of carbonyl (C=O) groups is 1. The Hall–Kier alpha value is -2.18. The van der Waals surface area contributed by atoms with Crippen molar-refractivity contribution in [1.29, 1.82) is 0 Å². The molecule has 1 N–H and O–H groups in total. The highest BCUT2D eigenvalue weighted by molar-refractivity contribution is 5.93. The second-order valence-electron chi connectivity index (χ2n) is 4.74. The van der Waals surface area contributed by atoms with Gasteiger partial charge in [0.2, 0.25) is 0 Å². The van der Waals surface area contributed by atoms with E-state index in [0.717, 1.165) is 24.5 Å². The Morgan fingerprint density at radius 1 is 1.47 bits per heavy atom. The maximum Gasteiger partial charge on any atom is 0.273 e. The first kappa shape index (κ1) is 11.9. The number of aryl methyl sites for hydroxylation is 3. The molecule has 0 fully saturated rings. The highest BCUT2D eigenvalue weighted by Crippen LogP contribution is 2.15. The van der Waals surface area contributed by atoms with Gasteiger partial charge in [-0.25, -0.2) is 4.98 Å². The van der Waals surface area contributed by atoms with E-state index in [2.05, 4.69) is 20.5 Å². The van der Waals surface area contributed by atoms with E-state index in [1.165, 1.54) is 6.39 Å². The summed E-state index contributed by atoms with van der Waals surface area (Å²) in [6, 6.07) is 0.0748. The molecule has 19 heavy (non-hydrogen) atoms. The number of aromatic nitrogens is 4. The predicted molar refractivity (Wildman–Crippen MR) is 65.6 cm³/mol. The van der Waals surface area contributed by atoms with Crippen molar-refractivity contribution in [3.8, 4) is 0 Å². The fourth-order valence-electron chi connectivity index (χ4n) is 2.36. The van der Waals surface area contributed by atoms with Gasteiger partial charge < -0.3 is 14.3 Å². The van der Waals surface area contributed by atoms with Crippen molar-refractivity contribution < 1.29 is 9.21 Å². The lowest BCUT2D eigenvalue weighted by Crippen LogP contribution is -2.41. The van der Waals surface area contributed by atoms with E-state index in [4.69, 9.17) is 4.42 Å². The van der Waals surface area contributed by atoms with E-state index >= 15 is 0 Å². The zero-order valence-corrected chi connectivity index (χ0v) is 10.9. The first-order chi connectivity index (χ1) is 9.15. The van der Waals surface area contributed by atoms with Crippen LogP contribution in [0, 0.1) is 13.8 Å². The first-order valence-corrected chi connectivity index (χ1v) is 6.25. The Labute approximate surface area is 110 Å². The maximum atomic E-state index is 12.1. The summed E-state index contributed by atoms with van der Waals surface area (Å²) in [6.45, 7) is 4.35. The van der Waals surface area contributed by atoms with Crippen LogP contribution in [0.15, 0.2) is 10.8 Å². The summed E-state index contributed by atoms with van der Waals surface area (Å²) >= 11 is 0. The lowest BCUT2D eigenvalue weighted by atomic mass is 10.1. The average molecular weight is 261 g/mol. The minimum absolute atomic E-state index is 0.0748. The van der Waals surface area contributed by atoms with E-state index < -0.39 is 0 Å². The van der Waals surface area contributed by atoms with Crippen molar-refractivity contribution in [3.05, 3.63) is 29.5 Å². The zero-order chi connectivity index (χ0) is 13.4. The molecular formula is C12H15N5O2. The van der Waals surface area contributed by atoms with Gasteiger partial charge in [-0.1, -0.05) is 0 Å². The van der Waals surface area contributed by atoms with Crippen LogP contribution in [-0.2, 0) is 13.0 Å². The van der Waals surface area contributed by atoms with Gasteiger partial charge in [0, 0.05) is 19.0 Å². The summed E-state index contributed by atoms with van der Waals surface area (Å²) in [5.74, 6) is 2.21. The lowest BCUT2D eigenvalue weighted by Gasteiger charge is -2.24. The van der Waals surface area contributed by atoms with Crippen molar-refractivity contribution in [2.24, 2.45) is 0 Å². The van der Waals surface area contributed by atoms with Crippen LogP contribution in [0.1, 0.15) is 34.3 Å². The van der Waals surface area contributed by atoms with E-state index in [-0.39, 0.29) is 11.9 Å². The van der Waals surface area contributed by atoms with Crippen molar-refractivity contribution >= 4 is 5.91 Å². The van der Waals surface area contributed by atoms with Crippen LogP contribution in [0.2, 0.25) is 0 Å². The summed E-state index contributed by atoms with van der Waals surface area (Å²) < 4.78 is 7.09. The molecule has 0 aromatic carbocycles. The minimum atomic E-state index is -0.189. The molecule has 1 aliphatic heterocycles. The normalized spacial score (nSPS) is 18.1. The van der Waals surface area contributed by atoms with Crippen molar-refractivity contribution in [1.82, 2.24) is 25.1 Å². The van der Waals surface area contributed by atoms with Gasteiger partial charge in [0.05, 0.1) is 0 Å². The summed E-state index contributed by atoms with van der Waals surface area (Å²) in [6.07, 6.45) is 2.97. The quantitative estimate of drug-likeness (QED) is 0.856. The van der Waals surface area contributed by atoms with Crippen molar-refractivity contribution in [3.63, 3.8) is 0 Å². The van der Waals surface area contributed by atoms with Gasteiger partial charge >= 0.3 is 0 Å². The molecule has 0 bridgehead atoms. The van der Waals surface area contributed by atoms with Crippen LogP contribution < -0.4 is 5.32 Å². The largest absolute Gasteiger partial charge is 0.448 e. The number of amides is 1. The predicted octanol–water partition coefficient (Wildman–Crippen LogP) is 0.628. The molecule has 7 nitrogen and oxygen atoms in total. The minimum Gasteiger partial charge on any atom is -0.448 e. The average Bonchev–Trinajstić information content (AvgIpc) is 2.97. The smallest absolute Gasteiger partial charge is 0.273 e. The van der Waals surface area contributed by atoms with Gasteiger partial charge in [-0.15, -0.1) is 10.2 Å². The number of fused-ring (bicyclic) bond motifs is 1. The Kier molecular flexibility index (Phi) is 2.81. The molecule has 2 aromatic heterocycles. The molecule has 100 valence electrons. The van der Waals surface area contributed by atoms with E-state index in [1.54, 1.807) is 6.92 Å². The third-order valence-electron chi connectivity index (χ3n) is 3.43. The number of oxazole rings is 1. The van der Waals surface area contributed by atoms with Crippen LogP contribution in [0.3, 0.4) is 0 Å². The molecule has 0 saturated carbocycles. The fraction of sp³-hybridized carbons (Fsp3) is 0.500. The summed E-state index contributed by atoms with van der Waals surface area (Å²) in [4.78, 5) is 16.0. The van der Waals surface area contributed by atoms with Gasteiger partial charge in [0.25, 0.3) is 5.91 Å². The zero-order valence-electron chi connectivity index (χ0n) is 10.9. The number of rotatable bonds is 2. The molecular weight excluding hydrogens is 246 g/mol. The number of nitrogens with one attached hydrogen (secondary N) is 1. The van der Waals surface area contributed by atoms with Crippen LogP contribution in [-0.4, -0.2) is 31.7 Å². The second kappa shape index (κ2) is 4.49. The van der Waals surface area contributed by atoms with Crippen molar-refractivity contribution in [2.45, 2.75) is 39.3 Å². The second-order valence-corrected chi connectivity index (χ2v) is 4.74. The Morgan fingerprint density at radius 2 is 2.32 bits per heavy atom. The maximum absolute atomic E-state index is 12.1. The SMILES string of the molecule is Cc1ocnc1C(=O)NC1CCc2nnc(C)n2C1. The molecule has 3 heterocycles. The molecule has 0 aliphatic carbocycles. The molecule has 1 atom stereocenters. The molecule has 7 heteroatoms. The van der Waals surface area contributed by atoms with Gasteiger partial charge in [-0.2, -0.15) is 0 Å². The van der Waals surface area contributed by atoms with Gasteiger partial charge in [0.15, 0.2) is 12.1 Å². The first-order valence-electron chi connectivity index (χ1n) is 6.25. The van der Waals surface area contributed by atoms with E-state index in [1.807, 2.05) is 11.5 Å². The Morgan fingerprint density at radius 3 is 3.05 bits per heavy atom. The summed E-state index contributed by atoms with van der Waals surface area (Å²) in [7, 11) is 0. The Bertz CT molecular complexity index is 615. The van der Waals surface area contributed by atoms with Gasteiger partial charge in [-0.3, -0.25) is 4.79 Å². The molecule has 0 saturated heterocycles. The third-order valence-corrected chi connectivity index (χ3v) is 3.43.